The third-order valence-electron chi connectivity index (χ3n) is 3.99. The molecule has 1 unspecified atom stereocenters. The van der Waals surface area contributed by atoms with Gasteiger partial charge in [0.05, 0.1) is 11.5 Å². The van der Waals surface area contributed by atoms with Gasteiger partial charge >= 0.3 is 5.97 Å². The summed E-state index contributed by atoms with van der Waals surface area (Å²) >= 11 is 0. The number of nitriles is 1. The zero-order valence-corrected chi connectivity index (χ0v) is 16.0. The van der Waals surface area contributed by atoms with Crippen molar-refractivity contribution in [2.75, 3.05) is 37.1 Å². The number of carbonyl (C=O) groups excluding carboxylic acids is 2. The number of sulfone groups is 1. The molecule has 1 aliphatic heterocycles. The number of carbonyl (C=O) groups is 2. The highest BCUT2D eigenvalue weighted by atomic mass is 32.2. The summed E-state index contributed by atoms with van der Waals surface area (Å²) < 4.78 is 27.6. The Hall–Kier alpha value is -2.86. The van der Waals surface area contributed by atoms with E-state index in [9.17, 15) is 18.0 Å². The Labute approximate surface area is 158 Å². The second-order valence-corrected chi connectivity index (χ2v) is 8.63. The first kappa shape index (κ1) is 20.5. The summed E-state index contributed by atoms with van der Waals surface area (Å²) in [6, 6.07) is 8.49. The molecule has 0 aliphatic carbocycles. The van der Waals surface area contributed by atoms with Crippen molar-refractivity contribution in [2.24, 2.45) is 0 Å². The lowest BCUT2D eigenvalue weighted by Crippen LogP contribution is -2.38. The van der Waals surface area contributed by atoms with Gasteiger partial charge in [0, 0.05) is 25.8 Å². The van der Waals surface area contributed by atoms with E-state index in [1.807, 2.05) is 31.1 Å². The Morgan fingerprint density at radius 2 is 2.00 bits per heavy atom. The van der Waals surface area contributed by atoms with Gasteiger partial charge in [0.15, 0.2) is 16.4 Å². The van der Waals surface area contributed by atoms with Crippen LogP contribution in [0.1, 0.15) is 12.0 Å². The molecule has 0 saturated carbocycles. The Bertz CT molecular complexity index is 883. The summed E-state index contributed by atoms with van der Waals surface area (Å²) in [6.07, 6.45) is 1.72. The van der Waals surface area contributed by atoms with E-state index >= 15 is 0 Å². The third kappa shape index (κ3) is 6.11. The number of benzene rings is 1. The fraction of sp³-hybridized carbons (Fsp3) is 0.389. The number of ether oxygens (including phenoxy) is 1. The Morgan fingerprint density at radius 3 is 2.52 bits per heavy atom. The maximum Gasteiger partial charge on any atom is 0.349 e. The van der Waals surface area contributed by atoms with Crippen molar-refractivity contribution in [3.63, 3.8) is 0 Å². The van der Waals surface area contributed by atoms with E-state index in [0.29, 0.717) is 12.0 Å². The van der Waals surface area contributed by atoms with Crippen LogP contribution in [0.2, 0.25) is 0 Å². The molecule has 0 bridgehead atoms. The van der Waals surface area contributed by atoms with Crippen molar-refractivity contribution >= 4 is 33.5 Å². The van der Waals surface area contributed by atoms with Crippen LogP contribution >= 0.6 is 0 Å². The molecule has 1 aromatic rings. The molecule has 1 N–H and O–H groups in total. The molecular weight excluding hydrogens is 370 g/mol. The molecule has 8 nitrogen and oxygen atoms in total. The fourth-order valence-corrected chi connectivity index (χ4v) is 4.23. The van der Waals surface area contributed by atoms with Crippen LogP contribution in [0.5, 0.6) is 0 Å². The molecule has 1 aromatic carbocycles. The molecule has 2 rings (SSSR count). The number of amides is 1. The second kappa shape index (κ2) is 8.68. The van der Waals surface area contributed by atoms with E-state index in [2.05, 4.69) is 5.32 Å². The van der Waals surface area contributed by atoms with Gasteiger partial charge in [-0.25, -0.2) is 13.2 Å². The second-order valence-electron chi connectivity index (χ2n) is 6.40. The molecule has 1 heterocycles. The van der Waals surface area contributed by atoms with E-state index in [0.717, 1.165) is 5.69 Å². The lowest BCUT2D eigenvalue weighted by molar-refractivity contribution is -0.144. The summed E-state index contributed by atoms with van der Waals surface area (Å²) in [5.74, 6) is -1.59. The Kier molecular flexibility index (Phi) is 6.58. The van der Waals surface area contributed by atoms with Gasteiger partial charge in [-0.3, -0.25) is 4.79 Å². The van der Waals surface area contributed by atoms with E-state index in [1.54, 1.807) is 18.2 Å². The average Bonchev–Trinajstić information content (AvgIpc) is 2.96. The van der Waals surface area contributed by atoms with Crippen LogP contribution in [0.3, 0.4) is 0 Å². The van der Waals surface area contributed by atoms with E-state index in [4.69, 9.17) is 10.00 Å². The fourth-order valence-electron chi connectivity index (χ4n) is 2.56. The van der Waals surface area contributed by atoms with Gasteiger partial charge in [-0.15, -0.1) is 0 Å². The van der Waals surface area contributed by atoms with Gasteiger partial charge in [0.25, 0.3) is 5.91 Å². The molecular formula is C18H21N3O5S. The van der Waals surface area contributed by atoms with Crippen molar-refractivity contribution in [3.05, 3.63) is 35.4 Å². The van der Waals surface area contributed by atoms with Crippen molar-refractivity contribution in [1.82, 2.24) is 5.32 Å². The van der Waals surface area contributed by atoms with Gasteiger partial charge in [0.1, 0.15) is 11.6 Å². The number of hydrogen-bond acceptors (Lipinski definition) is 7. The number of nitrogens with one attached hydrogen (secondary N) is 1. The monoisotopic (exact) mass is 391 g/mol. The van der Waals surface area contributed by atoms with Crippen LogP contribution in [-0.2, 0) is 24.2 Å². The van der Waals surface area contributed by atoms with Crippen molar-refractivity contribution in [1.29, 1.82) is 5.26 Å². The van der Waals surface area contributed by atoms with Crippen molar-refractivity contribution in [3.8, 4) is 6.07 Å². The number of nitrogens with zero attached hydrogens (tertiary/aromatic N) is 2. The van der Waals surface area contributed by atoms with Crippen molar-refractivity contribution < 1.29 is 22.7 Å². The highest BCUT2D eigenvalue weighted by Crippen LogP contribution is 2.15. The SMILES string of the molecule is CN(C)c1ccc(/C=C(\C#N)C(=O)OCC(=O)NC2CCS(=O)(=O)C2)cc1. The van der Waals surface area contributed by atoms with E-state index in [-0.39, 0.29) is 17.1 Å². The van der Waals surface area contributed by atoms with Crippen LogP contribution in [0.4, 0.5) is 5.69 Å². The summed E-state index contributed by atoms with van der Waals surface area (Å²) in [6.45, 7) is -0.575. The molecule has 1 aliphatic rings. The minimum Gasteiger partial charge on any atom is -0.451 e. The lowest BCUT2D eigenvalue weighted by atomic mass is 10.1. The molecule has 144 valence electrons. The highest BCUT2D eigenvalue weighted by molar-refractivity contribution is 7.91. The molecule has 0 aromatic heterocycles. The van der Waals surface area contributed by atoms with Gasteiger partial charge < -0.3 is 15.0 Å². The van der Waals surface area contributed by atoms with E-state index in [1.165, 1.54) is 6.08 Å². The van der Waals surface area contributed by atoms with Gasteiger partial charge in [-0.05, 0) is 30.2 Å². The largest absolute Gasteiger partial charge is 0.451 e. The quantitative estimate of drug-likeness (QED) is 0.426. The van der Waals surface area contributed by atoms with Gasteiger partial charge in [-0.1, -0.05) is 12.1 Å². The number of rotatable bonds is 6. The lowest BCUT2D eigenvalue weighted by Gasteiger charge is -2.12. The predicted octanol–water partition coefficient (Wildman–Crippen LogP) is 0.506. The van der Waals surface area contributed by atoms with Crippen LogP contribution in [0.25, 0.3) is 6.08 Å². The third-order valence-corrected chi connectivity index (χ3v) is 5.76. The summed E-state index contributed by atoms with van der Waals surface area (Å²) in [5, 5.41) is 11.7. The average molecular weight is 391 g/mol. The Morgan fingerprint density at radius 1 is 1.33 bits per heavy atom. The molecule has 1 atom stereocenters. The van der Waals surface area contributed by atoms with Crippen LogP contribution in [0.15, 0.2) is 29.8 Å². The zero-order valence-electron chi connectivity index (χ0n) is 15.1. The molecule has 1 saturated heterocycles. The first-order chi connectivity index (χ1) is 12.7. The van der Waals surface area contributed by atoms with Gasteiger partial charge in [0.2, 0.25) is 0 Å². The number of anilines is 1. The maximum atomic E-state index is 12.0. The van der Waals surface area contributed by atoms with Crippen LogP contribution in [-0.4, -0.2) is 58.5 Å². The van der Waals surface area contributed by atoms with Crippen LogP contribution < -0.4 is 10.2 Å². The molecule has 1 fully saturated rings. The number of esters is 1. The molecule has 1 amide bonds. The van der Waals surface area contributed by atoms with Crippen molar-refractivity contribution in [2.45, 2.75) is 12.5 Å². The summed E-state index contributed by atoms with van der Waals surface area (Å²) in [5.41, 5.74) is 1.39. The molecule has 0 radical (unpaired) electrons. The smallest absolute Gasteiger partial charge is 0.349 e. The molecule has 9 heteroatoms. The molecule has 27 heavy (non-hydrogen) atoms. The maximum absolute atomic E-state index is 12.0. The first-order valence-corrected chi connectivity index (χ1v) is 10.1. The standard InChI is InChI=1S/C18H21N3O5S/c1-21(2)16-5-3-13(4-6-16)9-14(10-19)18(23)26-11-17(22)20-15-7-8-27(24,25)12-15/h3-6,9,15H,7-8,11-12H2,1-2H3,(H,20,22)/b14-9+. The zero-order chi connectivity index (χ0) is 20.0. The molecule has 0 spiro atoms. The minimum absolute atomic E-state index is 0.0334. The summed E-state index contributed by atoms with van der Waals surface area (Å²) in [7, 11) is 0.685. The minimum atomic E-state index is -3.11. The normalized spacial score (nSPS) is 18.4. The van der Waals surface area contributed by atoms with E-state index < -0.39 is 34.4 Å². The highest BCUT2D eigenvalue weighted by Gasteiger charge is 2.29. The Balaban J connectivity index is 1.91. The topological polar surface area (TPSA) is 117 Å². The predicted molar refractivity (Wildman–Crippen MR) is 101 cm³/mol. The van der Waals surface area contributed by atoms with Crippen LogP contribution in [0, 0.1) is 11.3 Å². The summed E-state index contributed by atoms with van der Waals surface area (Å²) in [4.78, 5) is 25.7. The van der Waals surface area contributed by atoms with Gasteiger partial charge in [-0.2, -0.15) is 5.26 Å². The number of hydrogen-bond donors (Lipinski definition) is 1. The first-order valence-electron chi connectivity index (χ1n) is 8.26.